The molecule has 0 radical (unpaired) electrons. The minimum absolute atomic E-state index is 0.200. The molecule has 0 saturated heterocycles. The minimum Gasteiger partial charge on any atom is -0.460 e. The molecule has 23 heavy (non-hydrogen) atoms. The van der Waals surface area contributed by atoms with Crippen molar-refractivity contribution in [1.29, 1.82) is 0 Å². The lowest BCUT2D eigenvalue weighted by atomic mass is 9.54. The molecule has 4 bridgehead atoms. The maximum atomic E-state index is 11.2. The van der Waals surface area contributed by atoms with Crippen LogP contribution < -0.4 is 0 Å². The Morgan fingerprint density at radius 2 is 1.61 bits per heavy atom. The van der Waals surface area contributed by atoms with Gasteiger partial charge in [0.2, 0.25) is 0 Å². The van der Waals surface area contributed by atoms with E-state index in [0.29, 0.717) is 25.4 Å². The van der Waals surface area contributed by atoms with E-state index < -0.39 is 0 Å². The van der Waals surface area contributed by atoms with E-state index >= 15 is 0 Å². The lowest BCUT2D eigenvalue weighted by Gasteiger charge is -2.56. The highest BCUT2D eigenvalue weighted by Crippen LogP contribution is 2.57. The molecule has 0 aliphatic heterocycles. The first-order chi connectivity index (χ1) is 11.1. The van der Waals surface area contributed by atoms with Gasteiger partial charge in [0, 0.05) is 18.8 Å². The van der Waals surface area contributed by atoms with Crippen molar-refractivity contribution in [2.24, 2.45) is 17.8 Å². The molecule has 0 atom stereocenters. The summed E-state index contributed by atoms with van der Waals surface area (Å²) in [6, 6.07) is 0. The smallest absolute Gasteiger partial charge is 0.333 e. The van der Waals surface area contributed by atoms with E-state index in [1.54, 1.807) is 6.92 Å². The van der Waals surface area contributed by atoms with Crippen LogP contribution >= 0.6 is 0 Å². The van der Waals surface area contributed by atoms with Gasteiger partial charge in [0.15, 0.2) is 0 Å². The third-order valence-electron chi connectivity index (χ3n) is 5.63. The quantitative estimate of drug-likeness (QED) is 0.370. The molecule has 0 heterocycles. The second-order valence-electron chi connectivity index (χ2n) is 7.83. The second-order valence-corrected chi connectivity index (χ2v) is 7.83. The summed E-state index contributed by atoms with van der Waals surface area (Å²) in [5.74, 6) is 2.44. The predicted octanol–water partition coefficient (Wildman–Crippen LogP) is 3.50. The Hall–Kier alpha value is -0.870. The van der Waals surface area contributed by atoms with Gasteiger partial charge < -0.3 is 14.2 Å². The Labute approximate surface area is 139 Å². The summed E-state index contributed by atoms with van der Waals surface area (Å²) in [5.41, 5.74) is 0.625. The Morgan fingerprint density at radius 3 is 2.17 bits per heavy atom. The lowest BCUT2D eigenvalue weighted by Crippen LogP contribution is -2.52. The third kappa shape index (κ3) is 4.36. The van der Waals surface area contributed by atoms with Crippen LogP contribution in [0, 0.1) is 17.8 Å². The average molecular weight is 322 g/mol. The van der Waals surface area contributed by atoms with Gasteiger partial charge in [0.25, 0.3) is 0 Å². The fourth-order valence-electron chi connectivity index (χ4n) is 5.08. The maximum Gasteiger partial charge on any atom is 0.333 e. The van der Waals surface area contributed by atoms with Gasteiger partial charge in [-0.1, -0.05) is 6.58 Å². The van der Waals surface area contributed by atoms with Crippen LogP contribution in [0.4, 0.5) is 0 Å². The molecule has 0 unspecified atom stereocenters. The van der Waals surface area contributed by atoms with Crippen LogP contribution in [0.1, 0.15) is 51.9 Å². The van der Waals surface area contributed by atoms with Crippen molar-refractivity contribution >= 4 is 5.97 Å². The van der Waals surface area contributed by atoms with Crippen molar-refractivity contribution in [1.82, 2.24) is 0 Å². The van der Waals surface area contributed by atoms with Crippen LogP contribution in [-0.2, 0) is 19.0 Å². The van der Waals surface area contributed by atoms with E-state index in [4.69, 9.17) is 14.2 Å². The summed E-state index contributed by atoms with van der Waals surface area (Å²) < 4.78 is 16.8. The van der Waals surface area contributed by atoms with Crippen molar-refractivity contribution < 1.29 is 19.0 Å². The van der Waals surface area contributed by atoms with Gasteiger partial charge in [0.05, 0.1) is 12.2 Å². The van der Waals surface area contributed by atoms with E-state index in [1.165, 1.54) is 38.5 Å². The molecule has 0 spiro atoms. The molecule has 0 amide bonds. The largest absolute Gasteiger partial charge is 0.460 e. The average Bonchev–Trinajstić information content (AvgIpc) is 2.48. The molecular formula is C19H30O4. The highest BCUT2D eigenvalue weighted by atomic mass is 16.6. The molecule has 4 fully saturated rings. The maximum absolute atomic E-state index is 11.2. The SMILES string of the molecule is C=C(C)C(=O)OCCOCCCOC12CC3CC(CC(C3)C1)C2. The first kappa shape index (κ1) is 17.0. The number of ether oxygens (including phenoxy) is 3. The number of rotatable bonds is 9. The van der Waals surface area contributed by atoms with Crippen LogP contribution in [0.3, 0.4) is 0 Å². The van der Waals surface area contributed by atoms with Gasteiger partial charge in [-0.15, -0.1) is 0 Å². The van der Waals surface area contributed by atoms with E-state index in [9.17, 15) is 4.79 Å². The van der Waals surface area contributed by atoms with Crippen LogP contribution in [0.2, 0.25) is 0 Å². The van der Waals surface area contributed by atoms with Crippen LogP contribution in [0.5, 0.6) is 0 Å². The lowest BCUT2D eigenvalue weighted by molar-refractivity contribution is -0.164. The van der Waals surface area contributed by atoms with Crippen molar-refractivity contribution in [2.75, 3.05) is 26.4 Å². The molecule has 130 valence electrons. The number of carbonyl (C=O) groups is 1. The highest BCUT2D eigenvalue weighted by molar-refractivity contribution is 5.86. The van der Waals surface area contributed by atoms with Crippen LogP contribution in [0.15, 0.2) is 12.2 Å². The van der Waals surface area contributed by atoms with E-state index in [2.05, 4.69) is 6.58 Å². The number of carbonyl (C=O) groups excluding carboxylic acids is 1. The van der Waals surface area contributed by atoms with E-state index in [1.807, 2.05) is 0 Å². The molecule has 4 rings (SSSR count). The molecule has 0 N–H and O–H groups in total. The Kier molecular flexibility index (Phi) is 5.42. The highest BCUT2D eigenvalue weighted by Gasteiger charge is 2.51. The summed E-state index contributed by atoms with van der Waals surface area (Å²) in [4.78, 5) is 11.2. The Balaban J connectivity index is 1.25. The van der Waals surface area contributed by atoms with Crippen molar-refractivity contribution in [3.05, 3.63) is 12.2 Å². The zero-order chi connectivity index (χ0) is 16.3. The summed E-state index contributed by atoms with van der Waals surface area (Å²) >= 11 is 0. The predicted molar refractivity (Wildman–Crippen MR) is 88.1 cm³/mol. The van der Waals surface area contributed by atoms with Crippen molar-refractivity contribution in [3.8, 4) is 0 Å². The first-order valence-corrected chi connectivity index (χ1v) is 9.11. The third-order valence-corrected chi connectivity index (χ3v) is 5.63. The zero-order valence-corrected chi connectivity index (χ0v) is 14.4. The minimum atomic E-state index is -0.348. The van der Waals surface area contributed by atoms with Gasteiger partial charge in [-0.3, -0.25) is 0 Å². The Bertz CT molecular complexity index is 407. The van der Waals surface area contributed by atoms with Crippen molar-refractivity contribution in [3.63, 3.8) is 0 Å². The summed E-state index contributed by atoms with van der Waals surface area (Å²) in [6.45, 7) is 7.37. The van der Waals surface area contributed by atoms with E-state index in [-0.39, 0.29) is 11.6 Å². The number of hydrogen-bond acceptors (Lipinski definition) is 4. The second kappa shape index (κ2) is 7.35. The summed E-state index contributed by atoms with van der Waals surface area (Å²) in [5, 5.41) is 0. The standard InChI is InChI=1S/C19H30O4/c1-14(2)18(20)22-7-6-21-4-3-5-23-19-11-15-8-16(12-19)10-17(9-15)13-19/h15-17H,1,3-13H2,2H3. The fourth-order valence-corrected chi connectivity index (χ4v) is 5.08. The molecule has 0 aromatic carbocycles. The number of hydrogen-bond donors (Lipinski definition) is 0. The normalized spacial score (nSPS) is 34.6. The van der Waals surface area contributed by atoms with Crippen molar-refractivity contribution in [2.45, 2.75) is 57.5 Å². The zero-order valence-electron chi connectivity index (χ0n) is 14.4. The monoisotopic (exact) mass is 322 g/mol. The first-order valence-electron chi connectivity index (χ1n) is 9.11. The van der Waals surface area contributed by atoms with Gasteiger partial charge in [-0.25, -0.2) is 4.79 Å². The molecule has 4 aliphatic rings. The van der Waals surface area contributed by atoms with Gasteiger partial charge in [0.1, 0.15) is 6.61 Å². The fraction of sp³-hybridized carbons (Fsp3) is 0.842. The molecule has 4 saturated carbocycles. The molecule has 0 aromatic heterocycles. The van der Waals surface area contributed by atoms with Crippen LogP contribution in [-0.4, -0.2) is 38.0 Å². The van der Waals surface area contributed by atoms with Crippen LogP contribution in [0.25, 0.3) is 0 Å². The molecule has 0 aromatic rings. The van der Waals surface area contributed by atoms with Gasteiger partial charge in [-0.05, 0) is 69.6 Å². The molecule has 4 aliphatic carbocycles. The molecular weight excluding hydrogens is 292 g/mol. The summed E-state index contributed by atoms with van der Waals surface area (Å²) in [6.07, 6.45) is 9.14. The van der Waals surface area contributed by atoms with Gasteiger partial charge >= 0.3 is 5.97 Å². The summed E-state index contributed by atoms with van der Waals surface area (Å²) in [7, 11) is 0. The molecule has 4 heteroatoms. The topological polar surface area (TPSA) is 44.8 Å². The molecule has 4 nitrogen and oxygen atoms in total. The Morgan fingerprint density at radius 1 is 1.00 bits per heavy atom. The number of esters is 1. The van der Waals surface area contributed by atoms with E-state index in [0.717, 1.165) is 30.8 Å². The van der Waals surface area contributed by atoms with Gasteiger partial charge in [-0.2, -0.15) is 0 Å².